The molecular weight excluding hydrogens is 338 g/mol. The molecule has 0 aliphatic heterocycles. The van der Waals surface area contributed by atoms with E-state index in [9.17, 15) is 19.2 Å². The summed E-state index contributed by atoms with van der Waals surface area (Å²) in [5.41, 5.74) is 3.52. The number of aliphatic carboxylic acids is 1. The van der Waals surface area contributed by atoms with Crippen molar-refractivity contribution < 1.29 is 9.90 Å². The molecule has 0 radical (unpaired) electrons. The highest BCUT2D eigenvalue weighted by Gasteiger charge is 2.19. The zero-order valence-electron chi connectivity index (χ0n) is 12.6. The second kappa shape index (κ2) is 6.76. The Labute approximate surface area is 139 Å². The Hall–Kier alpha value is -2.79. The number of carboxylic acid groups (broad SMARTS) is 1. The van der Waals surface area contributed by atoms with Gasteiger partial charge in [-0.1, -0.05) is 0 Å². The molecule has 2 heterocycles. The van der Waals surface area contributed by atoms with E-state index in [1.54, 1.807) is 0 Å². The summed E-state index contributed by atoms with van der Waals surface area (Å²) in [6.07, 6.45) is 2.50. The molecular formula is C13H15N5O5S. The van der Waals surface area contributed by atoms with Crippen molar-refractivity contribution in [3.8, 4) is 0 Å². The fourth-order valence-corrected chi connectivity index (χ4v) is 2.28. The van der Waals surface area contributed by atoms with E-state index in [4.69, 9.17) is 23.1 Å². The summed E-state index contributed by atoms with van der Waals surface area (Å²) in [5.74, 6) is -2.35. The van der Waals surface area contributed by atoms with E-state index in [2.05, 4.69) is 4.98 Å². The van der Waals surface area contributed by atoms with Gasteiger partial charge in [0.25, 0.3) is 11.1 Å². The van der Waals surface area contributed by atoms with Crippen LogP contribution in [0, 0.1) is 17.6 Å². The highest BCUT2D eigenvalue weighted by molar-refractivity contribution is 7.71. The molecule has 10 nitrogen and oxygen atoms in total. The minimum absolute atomic E-state index is 0.0495. The monoisotopic (exact) mass is 353 g/mol. The molecule has 0 aromatic carbocycles. The molecule has 0 fully saturated rings. The highest BCUT2D eigenvalue weighted by Crippen LogP contribution is 1.96. The number of carbonyl (C=O) groups is 1. The van der Waals surface area contributed by atoms with Crippen LogP contribution in [-0.2, 0) is 11.3 Å². The predicted molar refractivity (Wildman–Crippen MR) is 86.6 cm³/mol. The number of aromatic nitrogens is 4. The largest absolute Gasteiger partial charge is 0.481 e. The van der Waals surface area contributed by atoms with Gasteiger partial charge in [0.15, 0.2) is 4.77 Å². The van der Waals surface area contributed by atoms with Crippen LogP contribution < -0.4 is 22.5 Å². The third kappa shape index (κ3) is 3.12. The van der Waals surface area contributed by atoms with Crippen LogP contribution in [0.5, 0.6) is 0 Å². The molecule has 2 rings (SSSR count). The lowest BCUT2D eigenvalue weighted by molar-refractivity contribution is -0.141. The van der Waals surface area contributed by atoms with Gasteiger partial charge >= 0.3 is 11.7 Å². The number of rotatable bonds is 5. The second-order valence-corrected chi connectivity index (χ2v) is 5.44. The van der Waals surface area contributed by atoms with Gasteiger partial charge in [0.2, 0.25) is 0 Å². The van der Waals surface area contributed by atoms with Crippen molar-refractivity contribution in [1.29, 1.82) is 0 Å². The van der Waals surface area contributed by atoms with E-state index in [-0.39, 0.29) is 11.3 Å². The van der Waals surface area contributed by atoms with Gasteiger partial charge < -0.3 is 15.8 Å². The Balaban J connectivity index is 2.71. The standard InChI is InChI=1S/C13H15N5O5S/c1-7-5-15-12(24)18(10(7)20)17-3-2-9(19)16(13(17)23)6-8(4-14)11(21)22/h2-3,5,8H,4,6,14H2,1H3,(H,15,24)(H,21,22). The number of H-pyrrole nitrogens is 1. The van der Waals surface area contributed by atoms with Crippen molar-refractivity contribution in [2.24, 2.45) is 11.7 Å². The SMILES string of the molecule is Cc1c[nH]c(=S)n(-n2ccc(=O)n(CC(CN)C(=O)O)c2=O)c1=O. The van der Waals surface area contributed by atoms with E-state index in [1.807, 2.05) is 0 Å². The fourth-order valence-electron chi connectivity index (χ4n) is 2.05. The quantitative estimate of drug-likeness (QED) is 0.555. The lowest BCUT2D eigenvalue weighted by Gasteiger charge is -2.14. The van der Waals surface area contributed by atoms with Crippen LogP contribution in [0.1, 0.15) is 5.56 Å². The van der Waals surface area contributed by atoms with Crippen LogP contribution in [0.25, 0.3) is 0 Å². The molecule has 2 aromatic heterocycles. The molecule has 0 bridgehead atoms. The number of hydrogen-bond acceptors (Lipinski definition) is 6. The zero-order chi connectivity index (χ0) is 18.0. The van der Waals surface area contributed by atoms with Gasteiger partial charge in [-0.3, -0.25) is 19.0 Å². The van der Waals surface area contributed by atoms with Gasteiger partial charge in [0, 0.05) is 37.1 Å². The second-order valence-electron chi connectivity index (χ2n) is 5.06. The van der Waals surface area contributed by atoms with Crippen molar-refractivity contribution in [1.82, 2.24) is 18.9 Å². The Bertz CT molecular complexity index is 1010. The first-order valence-electron chi connectivity index (χ1n) is 6.85. The maximum atomic E-state index is 12.6. The molecule has 11 heteroatoms. The number of nitrogens with zero attached hydrogens (tertiary/aromatic N) is 3. The van der Waals surface area contributed by atoms with E-state index in [0.29, 0.717) is 10.1 Å². The van der Waals surface area contributed by atoms with Crippen LogP contribution in [-0.4, -0.2) is 36.5 Å². The number of nitrogens with two attached hydrogens (primary N) is 1. The molecule has 0 aliphatic rings. The molecule has 1 atom stereocenters. The molecule has 0 spiro atoms. The van der Waals surface area contributed by atoms with Crippen molar-refractivity contribution >= 4 is 18.2 Å². The molecule has 0 aliphatic carbocycles. The molecule has 24 heavy (non-hydrogen) atoms. The number of aryl methyl sites for hydroxylation is 1. The first-order valence-corrected chi connectivity index (χ1v) is 7.26. The van der Waals surface area contributed by atoms with Crippen LogP contribution in [0.2, 0.25) is 0 Å². The lowest BCUT2D eigenvalue weighted by Crippen LogP contribution is -2.47. The third-order valence-corrected chi connectivity index (χ3v) is 3.73. The summed E-state index contributed by atoms with van der Waals surface area (Å²) >= 11 is 5.02. The molecule has 0 amide bonds. The third-order valence-electron chi connectivity index (χ3n) is 3.44. The van der Waals surface area contributed by atoms with Crippen molar-refractivity contribution in [3.05, 3.63) is 60.0 Å². The van der Waals surface area contributed by atoms with E-state index in [1.165, 1.54) is 13.1 Å². The molecule has 2 aromatic rings. The number of carboxylic acids is 1. The Morgan fingerprint density at radius 2 is 2.08 bits per heavy atom. The summed E-state index contributed by atoms with van der Waals surface area (Å²) in [6.45, 7) is 0.863. The predicted octanol–water partition coefficient (Wildman–Crippen LogP) is -1.49. The first-order chi connectivity index (χ1) is 11.3. The van der Waals surface area contributed by atoms with Gasteiger partial charge in [-0.25, -0.2) is 4.79 Å². The zero-order valence-corrected chi connectivity index (χ0v) is 13.4. The highest BCUT2D eigenvalue weighted by atomic mass is 32.1. The van der Waals surface area contributed by atoms with Gasteiger partial charge in [-0.05, 0) is 19.1 Å². The summed E-state index contributed by atoms with van der Waals surface area (Å²) in [5, 5.41) is 9.05. The summed E-state index contributed by atoms with van der Waals surface area (Å²) in [6, 6.07) is 1.04. The molecule has 4 N–H and O–H groups in total. The first kappa shape index (κ1) is 17.6. The number of aromatic amines is 1. The minimum atomic E-state index is -1.23. The average molecular weight is 353 g/mol. The Morgan fingerprint density at radius 3 is 2.67 bits per heavy atom. The topological polar surface area (TPSA) is 145 Å². The van der Waals surface area contributed by atoms with Crippen LogP contribution >= 0.6 is 12.2 Å². The van der Waals surface area contributed by atoms with E-state index in [0.717, 1.165) is 21.6 Å². The molecule has 1 unspecified atom stereocenters. The summed E-state index contributed by atoms with van der Waals surface area (Å²) < 4.78 is 2.40. The normalized spacial score (nSPS) is 12.1. The van der Waals surface area contributed by atoms with E-state index >= 15 is 0 Å². The molecule has 128 valence electrons. The van der Waals surface area contributed by atoms with Crippen molar-refractivity contribution in [3.63, 3.8) is 0 Å². The van der Waals surface area contributed by atoms with Crippen molar-refractivity contribution in [2.45, 2.75) is 13.5 Å². The lowest BCUT2D eigenvalue weighted by atomic mass is 10.1. The van der Waals surface area contributed by atoms with Gasteiger partial charge in [0.05, 0.1) is 5.92 Å². The summed E-state index contributed by atoms with van der Waals surface area (Å²) in [7, 11) is 0. The number of nitrogens with one attached hydrogen (secondary N) is 1. The Morgan fingerprint density at radius 1 is 1.42 bits per heavy atom. The average Bonchev–Trinajstić information content (AvgIpc) is 2.53. The summed E-state index contributed by atoms with van der Waals surface area (Å²) in [4.78, 5) is 50.5. The maximum absolute atomic E-state index is 12.6. The minimum Gasteiger partial charge on any atom is -0.481 e. The molecule has 0 saturated carbocycles. The number of hydrogen-bond donors (Lipinski definition) is 3. The van der Waals surface area contributed by atoms with Gasteiger partial charge in [-0.15, -0.1) is 0 Å². The fraction of sp³-hybridized carbons (Fsp3) is 0.308. The van der Waals surface area contributed by atoms with Crippen LogP contribution in [0.3, 0.4) is 0 Å². The van der Waals surface area contributed by atoms with E-state index < -0.39 is 35.2 Å². The van der Waals surface area contributed by atoms with Crippen molar-refractivity contribution in [2.75, 3.05) is 6.54 Å². The Kier molecular flexibility index (Phi) is 4.95. The van der Waals surface area contributed by atoms with Crippen LogP contribution in [0.4, 0.5) is 0 Å². The van der Waals surface area contributed by atoms with Gasteiger partial charge in [-0.2, -0.15) is 9.35 Å². The maximum Gasteiger partial charge on any atom is 0.350 e. The van der Waals surface area contributed by atoms with Gasteiger partial charge in [0.1, 0.15) is 0 Å². The molecule has 0 saturated heterocycles. The van der Waals surface area contributed by atoms with Crippen LogP contribution in [0.15, 0.2) is 32.8 Å². The smallest absolute Gasteiger partial charge is 0.350 e.